The Morgan fingerprint density at radius 1 is 1.38 bits per heavy atom. The first kappa shape index (κ1) is 15.2. The van der Waals surface area contributed by atoms with Crippen LogP contribution >= 0.6 is 0 Å². The molecular formula is C12H24O3Si. The van der Waals surface area contributed by atoms with Crippen molar-refractivity contribution in [3.63, 3.8) is 0 Å². The quantitative estimate of drug-likeness (QED) is 0.419. The summed E-state index contributed by atoms with van der Waals surface area (Å²) in [5.74, 6) is 0. The standard InChI is InChI=1S/C12H24O3Si/c1-7-8-11(9-16(4,5)6)10(2)15-12(13)14-3/h8,10H,7,9H2,1-6H3/b11-8+. The fourth-order valence-corrected chi connectivity index (χ4v) is 3.18. The number of carbonyl (C=O) groups is 1. The summed E-state index contributed by atoms with van der Waals surface area (Å²) >= 11 is 0. The van der Waals surface area contributed by atoms with Gasteiger partial charge >= 0.3 is 6.16 Å². The minimum Gasteiger partial charge on any atom is -0.438 e. The predicted octanol–water partition coefficient (Wildman–Crippen LogP) is 3.83. The van der Waals surface area contributed by atoms with Gasteiger partial charge in [0.2, 0.25) is 0 Å². The molecule has 0 fully saturated rings. The molecular weight excluding hydrogens is 220 g/mol. The van der Waals surface area contributed by atoms with E-state index in [0.717, 1.165) is 12.5 Å². The monoisotopic (exact) mass is 244 g/mol. The van der Waals surface area contributed by atoms with Crippen LogP contribution in [-0.2, 0) is 9.47 Å². The highest BCUT2D eigenvalue weighted by Crippen LogP contribution is 2.21. The Morgan fingerprint density at radius 3 is 2.31 bits per heavy atom. The van der Waals surface area contributed by atoms with E-state index in [-0.39, 0.29) is 6.10 Å². The van der Waals surface area contributed by atoms with E-state index >= 15 is 0 Å². The minimum absolute atomic E-state index is 0.181. The van der Waals surface area contributed by atoms with Gasteiger partial charge in [-0.25, -0.2) is 4.79 Å². The van der Waals surface area contributed by atoms with Crippen molar-refractivity contribution in [1.29, 1.82) is 0 Å². The summed E-state index contributed by atoms with van der Waals surface area (Å²) in [5.41, 5.74) is 1.21. The number of methoxy groups -OCH3 is 1. The molecule has 0 rings (SSSR count). The van der Waals surface area contributed by atoms with E-state index < -0.39 is 14.2 Å². The van der Waals surface area contributed by atoms with Crippen molar-refractivity contribution in [3.05, 3.63) is 11.6 Å². The van der Waals surface area contributed by atoms with E-state index in [1.807, 2.05) is 6.92 Å². The zero-order chi connectivity index (χ0) is 12.8. The molecule has 0 heterocycles. The Balaban J connectivity index is 4.54. The Bertz CT molecular complexity index is 253. The molecule has 0 aromatic heterocycles. The molecule has 3 nitrogen and oxygen atoms in total. The van der Waals surface area contributed by atoms with Crippen molar-refractivity contribution >= 4 is 14.2 Å². The molecule has 0 amide bonds. The van der Waals surface area contributed by atoms with E-state index in [1.165, 1.54) is 12.7 Å². The lowest BCUT2D eigenvalue weighted by atomic mass is 10.1. The van der Waals surface area contributed by atoms with Gasteiger partial charge in [-0.15, -0.1) is 0 Å². The topological polar surface area (TPSA) is 35.5 Å². The highest BCUT2D eigenvalue weighted by atomic mass is 28.3. The number of allylic oxidation sites excluding steroid dienone is 1. The molecule has 0 aliphatic heterocycles. The second-order valence-electron chi connectivity index (χ2n) is 5.14. The molecule has 0 saturated carbocycles. The van der Waals surface area contributed by atoms with Gasteiger partial charge in [0, 0.05) is 8.07 Å². The van der Waals surface area contributed by atoms with E-state index in [9.17, 15) is 4.79 Å². The van der Waals surface area contributed by atoms with Crippen LogP contribution in [0.2, 0.25) is 25.7 Å². The number of rotatable bonds is 5. The summed E-state index contributed by atoms with van der Waals surface area (Å²) in [6.45, 7) is 10.9. The van der Waals surface area contributed by atoms with Crippen LogP contribution < -0.4 is 0 Å². The molecule has 0 spiro atoms. The van der Waals surface area contributed by atoms with Crippen LogP contribution in [-0.4, -0.2) is 27.4 Å². The van der Waals surface area contributed by atoms with Crippen LogP contribution in [0.4, 0.5) is 4.79 Å². The van der Waals surface area contributed by atoms with Gasteiger partial charge in [0.25, 0.3) is 0 Å². The Hall–Kier alpha value is -0.773. The first-order valence-electron chi connectivity index (χ1n) is 5.73. The zero-order valence-corrected chi connectivity index (χ0v) is 12.3. The smallest absolute Gasteiger partial charge is 0.438 e. The number of hydrogen-bond acceptors (Lipinski definition) is 3. The molecule has 0 saturated heterocycles. The third kappa shape index (κ3) is 6.66. The largest absolute Gasteiger partial charge is 0.508 e. The first-order valence-corrected chi connectivity index (χ1v) is 9.44. The van der Waals surface area contributed by atoms with Gasteiger partial charge < -0.3 is 9.47 Å². The molecule has 0 aliphatic rings. The van der Waals surface area contributed by atoms with Gasteiger partial charge in [0.1, 0.15) is 6.10 Å². The molecule has 16 heavy (non-hydrogen) atoms. The minimum atomic E-state index is -1.18. The second-order valence-corrected chi connectivity index (χ2v) is 10.6. The number of carbonyl (C=O) groups excluding carboxylic acids is 1. The van der Waals surface area contributed by atoms with Crippen LogP contribution in [0.15, 0.2) is 11.6 Å². The fourth-order valence-electron chi connectivity index (χ4n) is 1.52. The van der Waals surface area contributed by atoms with Gasteiger partial charge in [-0.2, -0.15) is 0 Å². The summed E-state index contributed by atoms with van der Waals surface area (Å²) in [4.78, 5) is 11.0. The average molecular weight is 244 g/mol. The SMILES string of the molecule is CC/C=C(\C[Si](C)(C)C)C(C)OC(=O)OC. The summed E-state index contributed by atoms with van der Waals surface area (Å²) in [6.07, 6.45) is 2.34. The maximum atomic E-state index is 11.0. The predicted molar refractivity (Wildman–Crippen MR) is 69.5 cm³/mol. The zero-order valence-electron chi connectivity index (χ0n) is 11.3. The van der Waals surface area contributed by atoms with Crippen LogP contribution in [0, 0.1) is 0 Å². The fraction of sp³-hybridized carbons (Fsp3) is 0.750. The lowest BCUT2D eigenvalue weighted by molar-refractivity contribution is 0.0544. The van der Waals surface area contributed by atoms with Crippen molar-refractivity contribution in [1.82, 2.24) is 0 Å². The Kier molecular flexibility index (Phi) is 6.41. The van der Waals surface area contributed by atoms with Gasteiger partial charge in [-0.05, 0) is 25.0 Å². The summed E-state index contributed by atoms with van der Waals surface area (Å²) in [7, 11) is 0.148. The summed E-state index contributed by atoms with van der Waals surface area (Å²) in [5, 5.41) is 0. The van der Waals surface area contributed by atoms with E-state index in [2.05, 4.69) is 37.4 Å². The van der Waals surface area contributed by atoms with E-state index in [4.69, 9.17) is 4.74 Å². The lowest BCUT2D eigenvalue weighted by Gasteiger charge is -2.22. The summed E-state index contributed by atoms with van der Waals surface area (Å²) in [6, 6.07) is 1.05. The second kappa shape index (κ2) is 6.73. The molecule has 1 atom stereocenters. The maximum Gasteiger partial charge on any atom is 0.508 e. The van der Waals surface area contributed by atoms with E-state index in [1.54, 1.807) is 0 Å². The normalized spacial score (nSPS) is 14.5. The van der Waals surface area contributed by atoms with Crippen molar-refractivity contribution < 1.29 is 14.3 Å². The molecule has 94 valence electrons. The van der Waals surface area contributed by atoms with E-state index in [0.29, 0.717) is 0 Å². The molecule has 4 heteroatoms. The van der Waals surface area contributed by atoms with Gasteiger partial charge in [-0.1, -0.05) is 32.6 Å². The van der Waals surface area contributed by atoms with Crippen LogP contribution in [0.5, 0.6) is 0 Å². The van der Waals surface area contributed by atoms with Gasteiger partial charge in [-0.3, -0.25) is 0 Å². The van der Waals surface area contributed by atoms with Crippen LogP contribution in [0.3, 0.4) is 0 Å². The molecule has 0 aromatic rings. The van der Waals surface area contributed by atoms with Gasteiger partial charge in [0.05, 0.1) is 7.11 Å². The number of hydrogen-bond donors (Lipinski definition) is 0. The molecule has 0 aromatic carbocycles. The van der Waals surface area contributed by atoms with Crippen LogP contribution in [0.25, 0.3) is 0 Å². The Morgan fingerprint density at radius 2 is 1.94 bits per heavy atom. The van der Waals surface area contributed by atoms with Crippen molar-refractivity contribution in [2.75, 3.05) is 7.11 Å². The number of ether oxygens (including phenoxy) is 2. The lowest BCUT2D eigenvalue weighted by Crippen LogP contribution is -2.26. The third-order valence-corrected chi connectivity index (χ3v) is 3.63. The van der Waals surface area contributed by atoms with Crippen molar-refractivity contribution in [3.8, 4) is 0 Å². The summed E-state index contributed by atoms with van der Waals surface area (Å²) < 4.78 is 9.66. The first-order chi connectivity index (χ1) is 7.30. The third-order valence-electron chi connectivity index (χ3n) is 2.16. The molecule has 1 unspecified atom stereocenters. The molecule has 0 radical (unpaired) electrons. The van der Waals surface area contributed by atoms with Crippen molar-refractivity contribution in [2.24, 2.45) is 0 Å². The van der Waals surface area contributed by atoms with Crippen molar-refractivity contribution in [2.45, 2.75) is 52.1 Å². The maximum absolute atomic E-state index is 11.0. The molecule has 0 aliphatic carbocycles. The van der Waals surface area contributed by atoms with Gasteiger partial charge in [0.15, 0.2) is 0 Å². The Labute approximate surface area is 99.8 Å². The van der Waals surface area contributed by atoms with Crippen LogP contribution in [0.1, 0.15) is 20.3 Å². The highest BCUT2D eigenvalue weighted by Gasteiger charge is 2.21. The molecule has 0 bridgehead atoms. The molecule has 0 N–H and O–H groups in total. The average Bonchev–Trinajstić information content (AvgIpc) is 2.14. The highest BCUT2D eigenvalue weighted by molar-refractivity contribution is 6.76.